The maximum Gasteiger partial charge on any atom is 0.408 e. The molecule has 1 rings (SSSR count). The van der Waals surface area contributed by atoms with Crippen LogP contribution in [0.1, 0.15) is 48.0 Å². The number of nitrogens with one attached hydrogen (secondary N) is 2. The predicted octanol–water partition coefficient (Wildman–Crippen LogP) is 3.24. The predicted molar refractivity (Wildman–Crippen MR) is 98.0 cm³/mol. The zero-order valence-electron chi connectivity index (χ0n) is 15.7. The van der Waals surface area contributed by atoms with Gasteiger partial charge in [0.05, 0.1) is 19.2 Å². The zero-order valence-corrected chi connectivity index (χ0v) is 16.5. The molecule has 0 aromatic rings. The second-order valence-electron chi connectivity index (χ2n) is 7.75. The van der Waals surface area contributed by atoms with Crippen molar-refractivity contribution in [2.24, 2.45) is 0 Å². The van der Waals surface area contributed by atoms with Gasteiger partial charge in [0.1, 0.15) is 18.0 Å². The molecule has 24 heavy (non-hydrogen) atoms. The second kappa shape index (κ2) is 9.53. The van der Waals surface area contributed by atoms with Crippen LogP contribution in [-0.4, -0.2) is 48.8 Å². The topological polar surface area (TPSA) is 68.8 Å². The molecule has 0 aliphatic carbocycles. The van der Waals surface area contributed by atoms with Crippen LogP contribution in [0.3, 0.4) is 0 Å². The molecular weight excluding hydrogens is 328 g/mol. The van der Waals surface area contributed by atoms with Crippen LogP contribution in [0.15, 0.2) is 11.8 Å². The molecule has 2 N–H and O–H groups in total. The molecular formula is C17H32N2O4S. The smallest absolute Gasteiger partial charge is 0.408 e. The lowest BCUT2D eigenvalue weighted by molar-refractivity contribution is 0.0461. The summed E-state index contributed by atoms with van der Waals surface area (Å²) in [5, 5.41) is 6.10. The number of rotatable bonds is 7. The van der Waals surface area contributed by atoms with Gasteiger partial charge in [0.15, 0.2) is 0 Å². The van der Waals surface area contributed by atoms with Gasteiger partial charge in [-0.05, 0) is 66.1 Å². The van der Waals surface area contributed by atoms with Gasteiger partial charge in [0.2, 0.25) is 0 Å². The van der Waals surface area contributed by atoms with Crippen LogP contribution in [0.4, 0.5) is 4.79 Å². The number of amides is 1. The van der Waals surface area contributed by atoms with Crippen LogP contribution in [0.25, 0.3) is 0 Å². The SMILES string of the molecule is CC(C)(C)OC(=O)N[C@@H]1CC=C(CNCCOSC(C)(C)C)OC1. The zero-order chi connectivity index (χ0) is 18.2. The Hall–Kier alpha value is -0.920. The molecule has 1 amide bonds. The molecule has 1 atom stereocenters. The molecule has 140 valence electrons. The van der Waals surface area contributed by atoms with E-state index in [1.807, 2.05) is 26.8 Å². The van der Waals surface area contributed by atoms with E-state index in [0.717, 1.165) is 18.7 Å². The van der Waals surface area contributed by atoms with E-state index < -0.39 is 11.7 Å². The molecule has 0 aromatic carbocycles. The summed E-state index contributed by atoms with van der Waals surface area (Å²) in [6, 6.07) is -0.0462. The fraction of sp³-hybridized carbons (Fsp3) is 0.824. The van der Waals surface area contributed by atoms with Gasteiger partial charge in [-0.15, -0.1) is 0 Å². The summed E-state index contributed by atoms with van der Waals surface area (Å²) in [6.07, 6.45) is 2.34. The summed E-state index contributed by atoms with van der Waals surface area (Å²) in [4.78, 5) is 11.7. The average molecular weight is 361 g/mol. The van der Waals surface area contributed by atoms with E-state index in [0.29, 0.717) is 19.8 Å². The van der Waals surface area contributed by atoms with Crippen LogP contribution < -0.4 is 10.6 Å². The minimum absolute atomic E-state index is 0.0462. The van der Waals surface area contributed by atoms with Gasteiger partial charge >= 0.3 is 6.09 Å². The van der Waals surface area contributed by atoms with Gasteiger partial charge < -0.3 is 24.3 Å². The quantitative estimate of drug-likeness (QED) is 0.537. The Kier molecular flexibility index (Phi) is 8.39. The minimum Gasteiger partial charge on any atom is -0.495 e. The average Bonchev–Trinajstić information content (AvgIpc) is 2.41. The van der Waals surface area contributed by atoms with Crippen molar-refractivity contribution < 1.29 is 18.5 Å². The lowest BCUT2D eigenvalue weighted by Gasteiger charge is -2.26. The fourth-order valence-electron chi connectivity index (χ4n) is 1.85. The number of alkyl carbamates (subject to hydrolysis) is 1. The van der Waals surface area contributed by atoms with Gasteiger partial charge in [0.25, 0.3) is 0 Å². The molecule has 0 radical (unpaired) electrons. The molecule has 6 nitrogen and oxygen atoms in total. The van der Waals surface area contributed by atoms with Crippen molar-refractivity contribution in [2.45, 2.75) is 64.4 Å². The highest BCUT2D eigenvalue weighted by molar-refractivity contribution is 7.96. The molecule has 1 heterocycles. The Bertz CT molecular complexity index is 427. The van der Waals surface area contributed by atoms with Crippen LogP contribution in [0.5, 0.6) is 0 Å². The Morgan fingerprint density at radius 2 is 2.04 bits per heavy atom. The maximum atomic E-state index is 11.7. The third kappa shape index (κ3) is 10.8. The first-order valence-electron chi connectivity index (χ1n) is 8.38. The van der Waals surface area contributed by atoms with Crippen molar-refractivity contribution in [1.29, 1.82) is 0 Å². The molecule has 1 aliphatic rings. The third-order valence-corrected chi connectivity index (χ3v) is 3.58. The monoisotopic (exact) mass is 360 g/mol. The highest BCUT2D eigenvalue weighted by Gasteiger charge is 2.21. The number of hydrogen-bond acceptors (Lipinski definition) is 6. The number of carbonyl (C=O) groups excluding carboxylic acids is 1. The van der Waals surface area contributed by atoms with Gasteiger partial charge in [-0.25, -0.2) is 4.79 Å². The Labute approximate surface area is 150 Å². The van der Waals surface area contributed by atoms with Crippen LogP contribution >= 0.6 is 12.0 Å². The second-order valence-corrected chi connectivity index (χ2v) is 9.38. The summed E-state index contributed by atoms with van der Waals surface area (Å²) in [5.74, 6) is 0.903. The van der Waals surface area contributed by atoms with E-state index >= 15 is 0 Å². The molecule has 0 saturated heterocycles. The van der Waals surface area contributed by atoms with E-state index in [1.54, 1.807) is 0 Å². The van der Waals surface area contributed by atoms with Crippen molar-refractivity contribution in [3.05, 3.63) is 11.8 Å². The molecule has 7 heteroatoms. The summed E-state index contributed by atoms with van der Waals surface area (Å²) < 4.78 is 16.5. The molecule has 0 aromatic heterocycles. The summed E-state index contributed by atoms with van der Waals surface area (Å²) in [7, 11) is 0. The van der Waals surface area contributed by atoms with Crippen molar-refractivity contribution in [2.75, 3.05) is 26.3 Å². The van der Waals surface area contributed by atoms with Crippen molar-refractivity contribution in [1.82, 2.24) is 10.6 Å². The third-order valence-electron chi connectivity index (χ3n) is 2.79. The lowest BCUT2D eigenvalue weighted by atomic mass is 10.1. The fourth-order valence-corrected chi connectivity index (χ4v) is 2.37. The van der Waals surface area contributed by atoms with Gasteiger partial charge in [-0.1, -0.05) is 0 Å². The van der Waals surface area contributed by atoms with Crippen molar-refractivity contribution >= 4 is 18.1 Å². The number of ether oxygens (including phenoxy) is 2. The van der Waals surface area contributed by atoms with Crippen LogP contribution in [0.2, 0.25) is 0 Å². The standard InChI is InChI=1S/C17H32N2O4S/c1-16(2,3)23-15(20)19-13-7-8-14(21-12-13)11-18-9-10-22-24-17(4,5)6/h8,13,18H,7,9-12H2,1-6H3,(H,19,20)/t13-/m1/s1. The van der Waals surface area contributed by atoms with Crippen LogP contribution in [-0.2, 0) is 13.7 Å². The van der Waals surface area contributed by atoms with E-state index in [9.17, 15) is 4.79 Å². The summed E-state index contributed by atoms with van der Waals surface area (Å²) in [5.41, 5.74) is -0.488. The molecule has 1 aliphatic heterocycles. The van der Waals surface area contributed by atoms with E-state index in [-0.39, 0.29) is 10.8 Å². The van der Waals surface area contributed by atoms with E-state index in [4.69, 9.17) is 13.7 Å². The van der Waals surface area contributed by atoms with E-state index in [1.165, 1.54) is 12.0 Å². The van der Waals surface area contributed by atoms with Gasteiger partial charge in [0, 0.05) is 11.3 Å². The summed E-state index contributed by atoms with van der Waals surface area (Å²) in [6.45, 7) is 14.4. The summed E-state index contributed by atoms with van der Waals surface area (Å²) >= 11 is 1.49. The molecule has 0 unspecified atom stereocenters. The molecule has 0 bridgehead atoms. The highest BCUT2D eigenvalue weighted by Crippen LogP contribution is 2.23. The number of carbonyl (C=O) groups is 1. The lowest BCUT2D eigenvalue weighted by Crippen LogP contribution is -2.42. The normalized spacial score (nSPS) is 18.6. The maximum absolute atomic E-state index is 11.7. The minimum atomic E-state index is -0.488. The van der Waals surface area contributed by atoms with Gasteiger partial charge in [-0.2, -0.15) is 0 Å². The first-order valence-corrected chi connectivity index (χ1v) is 9.12. The molecule has 0 saturated carbocycles. The molecule has 0 spiro atoms. The number of hydrogen-bond donors (Lipinski definition) is 2. The van der Waals surface area contributed by atoms with Crippen LogP contribution in [0, 0.1) is 0 Å². The molecule has 0 fully saturated rings. The Morgan fingerprint density at radius 1 is 1.33 bits per heavy atom. The Morgan fingerprint density at radius 3 is 2.58 bits per heavy atom. The largest absolute Gasteiger partial charge is 0.495 e. The van der Waals surface area contributed by atoms with Gasteiger partial charge in [-0.3, -0.25) is 0 Å². The first-order chi connectivity index (χ1) is 11.1. The van der Waals surface area contributed by atoms with Crippen molar-refractivity contribution in [3.63, 3.8) is 0 Å². The van der Waals surface area contributed by atoms with E-state index in [2.05, 4.69) is 31.4 Å². The van der Waals surface area contributed by atoms with Crippen molar-refractivity contribution in [3.8, 4) is 0 Å². The first kappa shape index (κ1) is 21.1. The highest BCUT2D eigenvalue weighted by atomic mass is 32.2. The Balaban J connectivity index is 2.14.